The van der Waals surface area contributed by atoms with Crippen LogP contribution in [0.4, 0.5) is 0 Å². The minimum absolute atomic E-state index is 0.142. The van der Waals surface area contributed by atoms with Crippen molar-refractivity contribution in [2.45, 2.75) is 6.92 Å². The van der Waals surface area contributed by atoms with E-state index in [1.165, 1.54) is 0 Å². The standard InChI is InChI=1S/C10H14N6O/c1-7-3-4-13-10-14-8(15-16(7)10)9(17)12-6-5-11-2/h3-4,11H,5-6H2,1-2H3,(H,12,17). The molecular weight excluding hydrogens is 220 g/mol. The van der Waals surface area contributed by atoms with E-state index < -0.39 is 0 Å². The zero-order valence-electron chi connectivity index (χ0n) is 9.77. The van der Waals surface area contributed by atoms with Crippen molar-refractivity contribution in [3.63, 3.8) is 0 Å². The number of rotatable bonds is 4. The van der Waals surface area contributed by atoms with E-state index in [0.717, 1.165) is 5.69 Å². The lowest BCUT2D eigenvalue weighted by atomic mass is 10.5. The minimum atomic E-state index is -0.287. The molecule has 0 fully saturated rings. The lowest BCUT2D eigenvalue weighted by Crippen LogP contribution is -2.31. The lowest BCUT2D eigenvalue weighted by Gasteiger charge is -2.00. The van der Waals surface area contributed by atoms with Gasteiger partial charge in [0, 0.05) is 25.0 Å². The van der Waals surface area contributed by atoms with Gasteiger partial charge in [-0.25, -0.2) is 9.50 Å². The summed E-state index contributed by atoms with van der Waals surface area (Å²) in [5, 5.41) is 9.75. The number of carbonyl (C=O) groups is 1. The summed E-state index contributed by atoms with van der Waals surface area (Å²) >= 11 is 0. The Kier molecular flexibility index (Phi) is 3.29. The summed E-state index contributed by atoms with van der Waals surface area (Å²) in [6.45, 7) is 3.12. The molecule has 2 rings (SSSR count). The maximum absolute atomic E-state index is 11.7. The predicted octanol–water partition coefficient (Wildman–Crippen LogP) is -0.618. The summed E-state index contributed by atoms with van der Waals surface area (Å²) in [6.07, 6.45) is 1.64. The molecule has 1 amide bonds. The lowest BCUT2D eigenvalue weighted by molar-refractivity contribution is 0.0944. The largest absolute Gasteiger partial charge is 0.348 e. The van der Waals surface area contributed by atoms with Gasteiger partial charge in [0.1, 0.15) is 0 Å². The van der Waals surface area contributed by atoms with Gasteiger partial charge >= 0.3 is 0 Å². The third-order valence-corrected chi connectivity index (χ3v) is 2.29. The molecule has 0 bridgehead atoms. The highest BCUT2D eigenvalue weighted by Crippen LogP contribution is 2.01. The number of fused-ring (bicyclic) bond motifs is 1. The SMILES string of the molecule is CNCCNC(=O)c1nc2nccc(C)n2n1. The number of carbonyl (C=O) groups excluding carboxylic acids is 1. The first-order valence-electron chi connectivity index (χ1n) is 5.33. The van der Waals surface area contributed by atoms with Crippen molar-refractivity contribution in [2.24, 2.45) is 0 Å². The number of nitrogens with one attached hydrogen (secondary N) is 2. The fourth-order valence-electron chi connectivity index (χ4n) is 1.38. The third-order valence-electron chi connectivity index (χ3n) is 2.29. The molecule has 0 aromatic carbocycles. The number of amides is 1. The molecule has 0 aliphatic heterocycles. The second kappa shape index (κ2) is 4.88. The van der Waals surface area contributed by atoms with Crippen LogP contribution in [0.3, 0.4) is 0 Å². The van der Waals surface area contributed by atoms with E-state index in [1.54, 1.807) is 10.7 Å². The Morgan fingerprint density at radius 2 is 2.29 bits per heavy atom. The zero-order chi connectivity index (χ0) is 12.3. The van der Waals surface area contributed by atoms with E-state index in [2.05, 4.69) is 25.7 Å². The molecule has 17 heavy (non-hydrogen) atoms. The molecular formula is C10H14N6O. The Morgan fingerprint density at radius 1 is 1.47 bits per heavy atom. The minimum Gasteiger partial charge on any atom is -0.348 e. The molecule has 0 atom stereocenters. The normalized spacial score (nSPS) is 10.7. The highest BCUT2D eigenvalue weighted by atomic mass is 16.2. The van der Waals surface area contributed by atoms with Crippen molar-refractivity contribution in [1.82, 2.24) is 30.2 Å². The molecule has 90 valence electrons. The van der Waals surface area contributed by atoms with Crippen molar-refractivity contribution >= 4 is 11.7 Å². The number of hydrogen-bond donors (Lipinski definition) is 2. The second-order valence-corrected chi connectivity index (χ2v) is 3.59. The fourth-order valence-corrected chi connectivity index (χ4v) is 1.38. The Labute approximate surface area is 98.3 Å². The quantitative estimate of drug-likeness (QED) is 0.689. The van der Waals surface area contributed by atoms with Crippen LogP contribution >= 0.6 is 0 Å². The Bertz CT molecular complexity index is 535. The smallest absolute Gasteiger partial charge is 0.291 e. The molecule has 0 spiro atoms. The summed E-state index contributed by atoms with van der Waals surface area (Å²) in [6, 6.07) is 1.81. The summed E-state index contributed by atoms with van der Waals surface area (Å²) in [4.78, 5) is 19.8. The van der Waals surface area contributed by atoms with Crippen LogP contribution in [0.2, 0.25) is 0 Å². The first-order valence-corrected chi connectivity index (χ1v) is 5.33. The highest BCUT2D eigenvalue weighted by molar-refractivity contribution is 5.90. The number of likely N-dealkylation sites (N-methyl/N-ethyl adjacent to an activating group) is 1. The van der Waals surface area contributed by atoms with Crippen molar-refractivity contribution in [3.8, 4) is 0 Å². The monoisotopic (exact) mass is 234 g/mol. The van der Waals surface area contributed by atoms with Gasteiger partial charge in [-0.15, -0.1) is 5.10 Å². The van der Waals surface area contributed by atoms with Gasteiger partial charge in [-0.3, -0.25) is 4.79 Å². The van der Waals surface area contributed by atoms with Crippen molar-refractivity contribution in [3.05, 3.63) is 23.8 Å². The Balaban J connectivity index is 2.19. The first-order chi connectivity index (χ1) is 8.22. The predicted molar refractivity (Wildman–Crippen MR) is 61.8 cm³/mol. The van der Waals surface area contributed by atoms with E-state index >= 15 is 0 Å². The van der Waals surface area contributed by atoms with E-state index in [9.17, 15) is 4.79 Å². The number of nitrogens with zero attached hydrogens (tertiary/aromatic N) is 4. The molecule has 0 saturated heterocycles. The van der Waals surface area contributed by atoms with Crippen molar-refractivity contribution < 1.29 is 4.79 Å². The average Bonchev–Trinajstić information content (AvgIpc) is 2.75. The zero-order valence-corrected chi connectivity index (χ0v) is 9.77. The van der Waals surface area contributed by atoms with Gasteiger partial charge in [0.05, 0.1) is 0 Å². The van der Waals surface area contributed by atoms with Crippen molar-refractivity contribution in [2.75, 3.05) is 20.1 Å². The number of aromatic nitrogens is 4. The van der Waals surface area contributed by atoms with Gasteiger partial charge in [0.2, 0.25) is 5.82 Å². The van der Waals surface area contributed by atoms with Crippen LogP contribution in [-0.2, 0) is 0 Å². The van der Waals surface area contributed by atoms with Crippen molar-refractivity contribution in [1.29, 1.82) is 0 Å². The van der Waals surface area contributed by atoms with Crippen LogP contribution in [0.25, 0.3) is 5.78 Å². The summed E-state index contributed by atoms with van der Waals surface area (Å²) in [5.41, 5.74) is 0.886. The third kappa shape index (κ3) is 2.39. The van der Waals surface area contributed by atoms with Crippen LogP contribution < -0.4 is 10.6 Å². The topological polar surface area (TPSA) is 84.2 Å². The van der Waals surface area contributed by atoms with E-state index in [1.807, 2.05) is 20.0 Å². The number of hydrogen-bond acceptors (Lipinski definition) is 5. The maximum atomic E-state index is 11.7. The van der Waals surface area contributed by atoms with Crippen LogP contribution in [0.1, 0.15) is 16.3 Å². The Hall–Kier alpha value is -2.02. The van der Waals surface area contributed by atoms with Gasteiger partial charge in [-0.1, -0.05) is 0 Å². The summed E-state index contributed by atoms with van der Waals surface area (Å²) in [5.74, 6) is 0.289. The van der Waals surface area contributed by atoms with E-state index in [-0.39, 0.29) is 11.7 Å². The molecule has 0 saturated carbocycles. The molecule has 0 radical (unpaired) electrons. The molecule has 7 heteroatoms. The van der Waals surface area contributed by atoms with Crippen LogP contribution in [0, 0.1) is 6.92 Å². The number of aryl methyl sites for hydroxylation is 1. The Morgan fingerprint density at radius 3 is 3.00 bits per heavy atom. The molecule has 2 aromatic rings. The molecule has 2 heterocycles. The van der Waals surface area contributed by atoms with E-state index in [0.29, 0.717) is 18.9 Å². The molecule has 7 nitrogen and oxygen atoms in total. The highest BCUT2D eigenvalue weighted by Gasteiger charge is 2.13. The van der Waals surface area contributed by atoms with Crippen LogP contribution in [0.5, 0.6) is 0 Å². The van der Waals surface area contributed by atoms with Gasteiger partial charge < -0.3 is 10.6 Å². The van der Waals surface area contributed by atoms with Crippen LogP contribution in [-0.4, -0.2) is 45.6 Å². The molecule has 2 aromatic heterocycles. The first kappa shape index (κ1) is 11.5. The van der Waals surface area contributed by atoms with E-state index in [4.69, 9.17) is 0 Å². The molecule has 0 aliphatic carbocycles. The second-order valence-electron chi connectivity index (χ2n) is 3.59. The van der Waals surface area contributed by atoms with Crippen LogP contribution in [0.15, 0.2) is 12.3 Å². The van der Waals surface area contributed by atoms with Gasteiger partial charge in [-0.2, -0.15) is 4.98 Å². The van der Waals surface area contributed by atoms with Gasteiger partial charge in [0.25, 0.3) is 11.7 Å². The fraction of sp³-hybridized carbons (Fsp3) is 0.400. The average molecular weight is 234 g/mol. The van der Waals surface area contributed by atoms with Gasteiger partial charge in [0.15, 0.2) is 0 Å². The molecule has 0 aliphatic rings. The molecule has 2 N–H and O–H groups in total. The molecule has 0 unspecified atom stereocenters. The van der Waals surface area contributed by atoms with Gasteiger partial charge in [-0.05, 0) is 20.0 Å². The summed E-state index contributed by atoms with van der Waals surface area (Å²) in [7, 11) is 1.82. The summed E-state index contributed by atoms with van der Waals surface area (Å²) < 4.78 is 1.55. The maximum Gasteiger partial charge on any atom is 0.291 e.